The molecule has 1 saturated heterocycles. The van der Waals surface area contributed by atoms with Crippen LogP contribution in [0, 0.1) is 5.92 Å². The first-order chi connectivity index (χ1) is 7.40. The van der Waals surface area contributed by atoms with Gasteiger partial charge in [-0.05, 0) is 18.1 Å². The summed E-state index contributed by atoms with van der Waals surface area (Å²) >= 11 is 0. The molecule has 1 heteroatoms. The van der Waals surface area contributed by atoms with Crippen molar-refractivity contribution >= 4 is 6.08 Å². The van der Waals surface area contributed by atoms with E-state index in [1.807, 2.05) is 6.07 Å². The summed E-state index contributed by atoms with van der Waals surface area (Å²) in [5, 5.41) is 0. The molecule has 1 fully saturated rings. The molecule has 1 atom stereocenters. The second kappa shape index (κ2) is 4.94. The van der Waals surface area contributed by atoms with Gasteiger partial charge < -0.3 is 4.74 Å². The fourth-order valence-corrected chi connectivity index (χ4v) is 1.84. The normalized spacial score (nSPS) is 24.1. The lowest BCUT2D eigenvalue weighted by molar-refractivity contribution is 0.195. The lowest BCUT2D eigenvalue weighted by Crippen LogP contribution is -1.96. The molecule has 2 rings (SSSR count). The maximum atomic E-state index is 5.47. The smallest absolute Gasteiger partial charge is 0.0687 e. The number of hydrogen-bond donors (Lipinski definition) is 0. The van der Waals surface area contributed by atoms with Gasteiger partial charge in [-0.25, -0.2) is 0 Å². The summed E-state index contributed by atoms with van der Waals surface area (Å²) in [5.74, 6) is 0.468. The fraction of sp³-hybridized carbons (Fsp3) is 0.286. The highest BCUT2D eigenvalue weighted by Gasteiger charge is 2.18. The summed E-state index contributed by atoms with van der Waals surface area (Å²) in [6.07, 6.45) is 6.54. The van der Waals surface area contributed by atoms with E-state index in [9.17, 15) is 0 Å². The Bertz CT molecular complexity index is 362. The molecule has 15 heavy (non-hydrogen) atoms. The van der Waals surface area contributed by atoms with Crippen molar-refractivity contribution in [3.05, 3.63) is 53.6 Å². The van der Waals surface area contributed by atoms with Gasteiger partial charge in [-0.2, -0.15) is 0 Å². The van der Waals surface area contributed by atoms with Crippen LogP contribution < -0.4 is 0 Å². The largest absolute Gasteiger partial charge is 0.376 e. The highest BCUT2D eigenvalue weighted by molar-refractivity contribution is 5.54. The Morgan fingerprint density at radius 2 is 2.07 bits per heavy atom. The second-order valence-electron chi connectivity index (χ2n) is 3.78. The zero-order chi connectivity index (χ0) is 10.5. The minimum Gasteiger partial charge on any atom is -0.376 e. The van der Waals surface area contributed by atoms with Gasteiger partial charge in [0.05, 0.1) is 13.2 Å². The molecule has 0 saturated carbocycles. The van der Waals surface area contributed by atoms with Gasteiger partial charge in [-0.1, -0.05) is 48.6 Å². The average molecular weight is 200 g/mol. The minimum atomic E-state index is 0.468. The number of allylic oxidation sites excluding steroid dienone is 1. The fourth-order valence-electron chi connectivity index (χ4n) is 1.84. The van der Waals surface area contributed by atoms with E-state index in [-0.39, 0.29) is 0 Å². The first-order valence-corrected chi connectivity index (χ1v) is 5.36. The van der Waals surface area contributed by atoms with Gasteiger partial charge in [0.1, 0.15) is 0 Å². The monoisotopic (exact) mass is 200 g/mol. The summed E-state index contributed by atoms with van der Waals surface area (Å²) in [5.41, 5.74) is 2.63. The van der Waals surface area contributed by atoms with Crippen molar-refractivity contribution in [1.29, 1.82) is 0 Å². The van der Waals surface area contributed by atoms with Crippen LogP contribution in [-0.2, 0) is 4.74 Å². The van der Waals surface area contributed by atoms with Gasteiger partial charge in [0, 0.05) is 5.92 Å². The molecule has 0 radical (unpaired) electrons. The third kappa shape index (κ3) is 2.57. The number of rotatable bonds is 2. The third-order valence-corrected chi connectivity index (χ3v) is 2.62. The zero-order valence-electron chi connectivity index (χ0n) is 9.02. The summed E-state index contributed by atoms with van der Waals surface area (Å²) in [4.78, 5) is 0. The van der Waals surface area contributed by atoms with Gasteiger partial charge in [0.2, 0.25) is 0 Å². The Labute approximate surface area is 91.1 Å². The van der Waals surface area contributed by atoms with Crippen LogP contribution in [0.3, 0.4) is 0 Å². The first kappa shape index (κ1) is 10.2. The average Bonchev–Trinajstić information content (AvgIpc) is 2.68. The molecule has 78 valence electrons. The Balaban J connectivity index is 2.19. The zero-order valence-corrected chi connectivity index (χ0v) is 9.02. The van der Waals surface area contributed by atoms with E-state index in [1.54, 1.807) is 0 Å². The number of ether oxygens (including phenoxy) is 1. The van der Waals surface area contributed by atoms with E-state index in [4.69, 9.17) is 4.74 Å². The van der Waals surface area contributed by atoms with Crippen molar-refractivity contribution in [3.8, 4) is 0 Å². The standard InChI is InChI=1S/C14H16O/c1-2-6-13-10-15-11-14(13)9-12-7-4-3-5-8-12/h2-9,13H,10-11H2,1H3/b6-2+,14-9+/t13-/m0/s1. The molecular formula is C14H16O. The molecule has 0 unspecified atom stereocenters. The summed E-state index contributed by atoms with van der Waals surface area (Å²) in [7, 11) is 0. The molecule has 0 amide bonds. The molecule has 1 aromatic rings. The van der Waals surface area contributed by atoms with E-state index in [0.717, 1.165) is 13.2 Å². The molecule has 1 aliphatic rings. The molecule has 0 bridgehead atoms. The predicted molar refractivity (Wildman–Crippen MR) is 63.5 cm³/mol. The van der Waals surface area contributed by atoms with E-state index < -0.39 is 0 Å². The van der Waals surface area contributed by atoms with Crippen LogP contribution in [0.2, 0.25) is 0 Å². The Morgan fingerprint density at radius 1 is 1.27 bits per heavy atom. The summed E-state index contributed by atoms with van der Waals surface area (Å²) < 4.78 is 5.47. The Kier molecular flexibility index (Phi) is 3.36. The van der Waals surface area contributed by atoms with Crippen LogP contribution in [0.4, 0.5) is 0 Å². The molecule has 1 heterocycles. The van der Waals surface area contributed by atoms with Gasteiger partial charge in [-0.15, -0.1) is 0 Å². The van der Waals surface area contributed by atoms with Crippen LogP contribution in [0.15, 0.2) is 48.1 Å². The molecule has 1 nitrogen and oxygen atoms in total. The van der Waals surface area contributed by atoms with E-state index in [2.05, 4.69) is 49.4 Å². The highest BCUT2D eigenvalue weighted by atomic mass is 16.5. The van der Waals surface area contributed by atoms with E-state index >= 15 is 0 Å². The van der Waals surface area contributed by atoms with E-state index in [1.165, 1.54) is 11.1 Å². The quantitative estimate of drug-likeness (QED) is 0.666. The minimum absolute atomic E-state index is 0.468. The summed E-state index contributed by atoms with van der Waals surface area (Å²) in [6.45, 7) is 3.64. The first-order valence-electron chi connectivity index (χ1n) is 5.36. The van der Waals surface area contributed by atoms with Crippen molar-refractivity contribution < 1.29 is 4.74 Å². The molecule has 0 aliphatic carbocycles. The van der Waals surface area contributed by atoms with Crippen LogP contribution >= 0.6 is 0 Å². The molecular weight excluding hydrogens is 184 g/mol. The molecule has 0 N–H and O–H groups in total. The SMILES string of the molecule is C/C=C/[C@H]1COC/C1=C\c1ccccc1. The Morgan fingerprint density at radius 3 is 2.80 bits per heavy atom. The van der Waals surface area contributed by atoms with Crippen molar-refractivity contribution in [2.24, 2.45) is 5.92 Å². The summed E-state index contributed by atoms with van der Waals surface area (Å²) in [6, 6.07) is 10.4. The van der Waals surface area contributed by atoms with Gasteiger partial charge in [0.15, 0.2) is 0 Å². The van der Waals surface area contributed by atoms with Crippen molar-refractivity contribution in [1.82, 2.24) is 0 Å². The van der Waals surface area contributed by atoms with Crippen molar-refractivity contribution in [3.63, 3.8) is 0 Å². The van der Waals surface area contributed by atoms with Crippen LogP contribution in [0.1, 0.15) is 12.5 Å². The van der Waals surface area contributed by atoms with Crippen LogP contribution in [0.25, 0.3) is 6.08 Å². The maximum Gasteiger partial charge on any atom is 0.0687 e. The second-order valence-corrected chi connectivity index (χ2v) is 3.78. The lowest BCUT2D eigenvalue weighted by atomic mass is 10.00. The molecule has 0 spiro atoms. The van der Waals surface area contributed by atoms with E-state index in [0.29, 0.717) is 5.92 Å². The number of benzene rings is 1. The third-order valence-electron chi connectivity index (χ3n) is 2.62. The molecule has 1 aromatic carbocycles. The molecule has 0 aromatic heterocycles. The van der Waals surface area contributed by atoms with Gasteiger partial charge in [0.25, 0.3) is 0 Å². The topological polar surface area (TPSA) is 9.23 Å². The Hall–Kier alpha value is -1.34. The molecule has 1 aliphatic heterocycles. The van der Waals surface area contributed by atoms with Gasteiger partial charge >= 0.3 is 0 Å². The lowest BCUT2D eigenvalue weighted by Gasteiger charge is -2.03. The van der Waals surface area contributed by atoms with Crippen LogP contribution in [-0.4, -0.2) is 13.2 Å². The van der Waals surface area contributed by atoms with Crippen LogP contribution in [0.5, 0.6) is 0 Å². The maximum absolute atomic E-state index is 5.47. The highest BCUT2D eigenvalue weighted by Crippen LogP contribution is 2.23. The van der Waals surface area contributed by atoms with Crippen molar-refractivity contribution in [2.45, 2.75) is 6.92 Å². The van der Waals surface area contributed by atoms with Crippen molar-refractivity contribution in [2.75, 3.05) is 13.2 Å². The number of hydrogen-bond acceptors (Lipinski definition) is 1. The predicted octanol–water partition coefficient (Wildman–Crippen LogP) is 3.29. The van der Waals surface area contributed by atoms with Gasteiger partial charge in [-0.3, -0.25) is 0 Å².